The summed E-state index contributed by atoms with van der Waals surface area (Å²) >= 11 is 0. The van der Waals surface area contributed by atoms with Crippen molar-refractivity contribution in [2.75, 3.05) is 13.2 Å². The van der Waals surface area contributed by atoms with E-state index < -0.39 is 16.6 Å². The normalized spacial score (nSPS) is 12.8. The van der Waals surface area contributed by atoms with Crippen molar-refractivity contribution in [1.29, 1.82) is 0 Å². The second-order valence-corrected chi connectivity index (χ2v) is 30.7. The van der Waals surface area contributed by atoms with Crippen molar-refractivity contribution in [3.8, 4) is 0 Å². The average molecular weight is 910 g/mol. The van der Waals surface area contributed by atoms with E-state index in [9.17, 15) is 5.11 Å². The van der Waals surface area contributed by atoms with Gasteiger partial charge < -0.3 is 14.0 Å². The van der Waals surface area contributed by atoms with Gasteiger partial charge in [0, 0.05) is 13.2 Å². The highest BCUT2D eigenvalue weighted by Gasteiger charge is 2.37. The van der Waals surface area contributed by atoms with E-state index in [1.807, 2.05) is 0 Å². The Bertz CT molecular complexity index is 801. The SMILES string of the molecule is CCCCCCCCCCCCCCCCCC[Si](CC(C)C)(CC(C)C)OCCC(O)CCO[Si](CCCCCCCCCCCCCCCCCC)(CC(C)C)CC(C)C. The third-order valence-electron chi connectivity index (χ3n) is 13.8. The van der Waals surface area contributed by atoms with Crippen molar-refractivity contribution in [1.82, 2.24) is 0 Å². The second kappa shape index (κ2) is 43.9. The van der Waals surface area contributed by atoms with Crippen LogP contribution in [0.15, 0.2) is 0 Å². The predicted octanol–water partition coefficient (Wildman–Crippen LogP) is 20.2. The molecule has 0 spiro atoms. The molecule has 0 aromatic carbocycles. The van der Waals surface area contributed by atoms with E-state index in [4.69, 9.17) is 8.85 Å². The van der Waals surface area contributed by atoms with Crippen LogP contribution in [0.4, 0.5) is 0 Å². The lowest BCUT2D eigenvalue weighted by atomic mass is 10.0. The Morgan fingerprint density at radius 2 is 0.500 bits per heavy atom. The monoisotopic (exact) mass is 909 g/mol. The fourth-order valence-electron chi connectivity index (χ4n) is 10.9. The molecule has 0 aliphatic carbocycles. The summed E-state index contributed by atoms with van der Waals surface area (Å²) in [6, 6.07) is 7.67. The highest BCUT2D eigenvalue weighted by atomic mass is 28.4. The van der Waals surface area contributed by atoms with Gasteiger partial charge in [0.2, 0.25) is 0 Å². The first-order valence-electron chi connectivity index (χ1n) is 28.8. The lowest BCUT2D eigenvalue weighted by Crippen LogP contribution is -2.42. The molecule has 0 aliphatic heterocycles. The number of aliphatic hydroxyl groups is 1. The zero-order valence-corrected chi connectivity index (χ0v) is 46.8. The molecule has 0 heterocycles. The van der Waals surface area contributed by atoms with Crippen molar-refractivity contribution in [3.05, 3.63) is 0 Å². The number of hydrogen-bond acceptors (Lipinski definition) is 3. The van der Waals surface area contributed by atoms with Crippen molar-refractivity contribution in [3.63, 3.8) is 0 Å². The van der Waals surface area contributed by atoms with Crippen LogP contribution in [-0.2, 0) is 8.85 Å². The first kappa shape index (κ1) is 62.3. The summed E-state index contributed by atoms with van der Waals surface area (Å²) in [5.41, 5.74) is 0. The average Bonchev–Trinajstić information content (AvgIpc) is 3.19. The number of hydrogen-bond donors (Lipinski definition) is 1. The molecule has 374 valence electrons. The summed E-state index contributed by atoms with van der Waals surface area (Å²) < 4.78 is 14.2. The van der Waals surface area contributed by atoms with Gasteiger partial charge in [-0.15, -0.1) is 0 Å². The van der Waals surface area contributed by atoms with Gasteiger partial charge in [-0.1, -0.05) is 275 Å². The maximum Gasteiger partial charge on any atom is 0.193 e. The van der Waals surface area contributed by atoms with Gasteiger partial charge in [-0.25, -0.2) is 0 Å². The van der Waals surface area contributed by atoms with Crippen LogP contribution in [-0.4, -0.2) is 41.1 Å². The van der Waals surface area contributed by atoms with E-state index in [1.165, 1.54) is 242 Å². The van der Waals surface area contributed by atoms with Crippen molar-refractivity contribution >= 4 is 16.6 Å². The fraction of sp³-hybridized carbons (Fsp3) is 1.00. The van der Waals surface area contributed by atoms with Crippen LogP contribution in [0.3, 0.4) is 0 Å². The summed E-state index contributed by atoms with van der Waals surface area (Å²) in [7, 11) is -3.74. The molecule has 0 fully saturated rings. The quantitative estimate of drug-likeness (QED) is 0.0488. The molecule has 0 amide bonds. The summed E-state index contributed by atoms with van der Waals surface area (Å²) in [6.07, 6.45) is 46.7. The van der Waals surface area contributed by atoms with Crippen LogP contribution in [0.25, 0.3) is 0 Å². The molecule has 0 saturated carbocycles. The minimum atomic E-state index is -1.87. The highest BCUT2D eigenvalue weighted by Crippen LogP contribution is 2.35. The Morgan fingerprint density at radius 1 is 0.306 bits per heavy atom. The topological polar surface area (TPSA) is 38.7 Å². The summed E-state index contributed by atoms with van der Waals surface area (Å²) in [5.74, 6) is 2.70. The Balaban J connectivity index is 4.66. The largest absolute Gasteiger partial charge is 0.417 e. The lowest BCUT2D eigenvalue weighted by Gasteiger charge is -2.36. The van der Waals surface area contributed by atoms with Crippen molar-refractivity contribution < 1.29 is 14.0 Å². The molecule has 0 aromatic heterocycles. The smallest absolute Gasteiger partial charge is 0.193 e. The van der Waals surface area contributed by atoms with Gasteiger partial charge in [0.05, 0.1) is 6.10 Å². The van der Waals surface area contributed by atoms with Crippen molar-refractivity contribution in [2.24, 2.45) is 23.7 Å². The third-order valence-corrected chi connectivity index (χ3v) is 24.2. The standard InChI is InChI=1S/C57H120O3Si2/c1-11-13-15-17-19-21-23-25-27-29-31-33-35-37-39-41-47-61(49-53(3)4,50-54(5)6)59-45-43-57(58)44-46-60-62(51-55(7)8,52-56(9)10)48-42-40-38-36-34-32-30-28-26-24-22-20-18-16-14-12-2/h53-58H,11-52H2,1-10H3. The molecule has 0 bridgehead atoms. The van der Waals surface area contributed by atoms with E-state index in [0.717, 1.165) is 26.1 Å². The summed E-state index contributed by atoms with van der Waals surface area (Å²) in [5, 5.41) is 11.3. The molecule has 0 radical (unpaired) electrons. The molecule has 0 saturated heterocycles. The maximum atomic E-state index is 11.3. The molecule has 0 rings (SSSR count). The molecule has 0 aromatic rings. The zero-order chi connectivity index (χ0) is 46.0. The zero-order valence-electron chi connectivity index (χ0n) is 44.8. The molecule has 0 unspecified atom stereocenters. The van der Waals surface area contributed by atoms with Gasteiger partial charge in [0.15, 0.2) is 16.6 Å². The second-order valence-electron chi connectivity index (χ2n) is 22.8. The predicted molar refractivity (Wildman–Crippen MR) is 286 cm³/mol. The van der Waals surface area contributed by atoms with E-state index in [0.29, 0.717) is 23.7 Å². The minimum absolute atomic E-state index is 0.323. The molecule has 5 heteroatoms. The number of rotatable bonds is 50. The van der Waals surface area contributed by atoms with Gasteiger partial charge in [-0.05, 0) is 72.8 Å². The molecular weight excluding hydrogens is 789 g/mol. The van der Waals surface area contributed by atoms with Gasteiger partial charge in [0.1, 0.15) is 0 Å². The van der Waals surface area contributed by atoms with Gasteiger partial charge >= 0.3 is 0 Å². The Kier molecular flexibility index (Phi) is 44.1. The van der Waals surface area contributed by atoms with Crippen molar-refractivity contribution in [2.45, 2.75) is 330 Å². The molecular formula is C57H120O3Si2. The Hall–Kier alpha value is 0.314. The first-order valence-corrected chi connectivity index (χ1v) is 33.9. The van der Waals surface area contributed by atoms with Gasteiger partial charge in [-0.3, -0.25) is 0 Å². The van der Waals surface area contributed by atoms with Crippen LogP contribution in [0, 0.1) is 23.7 Å². The van der Waals surface area contributed by atoms with E-state index in [1.54, 1.807) is 0 Å². The molecule has 62 heavy (non-hydrogen) atoms. The van der Waals surface area contributed by atoms with Crippen LogP contribution in [0.5, 0.6) is 0 Å². The number of unbranched alkanes of at least 4 members (excludes halogenated alkanes) is 30. The van der Waals surface area contributed by atoms with Crippen LogP contribution < -0.4 is 0 Å². The van der Waals surface area contributed by atoms with E-state index >= 15 is 0 Å². The first-order chi connectivity index (χ1) is 29.9. The minimum Gasteiger partial charge on any atom is -0.417 e. The molecule has 0 atom stereocenters. The van der Waals surface area contributed by atoms with Gasteiger partial charge in [0.25, 0.3) is 0 Å². The fourth-order valence-corrected chi connectivity index (χ4v) is 21.6. The third kappa shape index (κ3) is 40.6. The van der Waals surface area contributed by atoms with E-state index in [2.05, 4.69) is 69.2 Å². The number of aliphatic hydroxyl groups excluding tert-OH is 1. The summed E-state index contributed by atoms with van der Waals surface area (Å²) in [6.45, 7) is 25.3. The van der Waals surface area contributed by atoms with Gasteiger partial charge in [-0.2, -0.15) is 0 Å². The maximum absolute atomic E-state index is 11.3. The van der Waals surface area contributed by atoms with E-state index in [-0.39, 0.29) is 6.10 Å². The molecule has 3 nitrogen and oxygen atoms in total. The van der Waals surface area contributed by atoms with Crippen LogP contribution >= 0.6 is 0 Å². The summed E-state index contributed by atoms with van der Waals surface area (Å²) in [4.78, 5) is 0. The van der Waals surface area contributed by atoms with Crippen LogP contribution in [0.2, 0.25) is 36.3 Å². The Labute approximate surface area is 395 Å². The highest BCUT2D eigenvalue weighted by molar-refractivity contribution is 6.74. The lowest BCUT2D eigenvalue weighted by molar-refractivity contribution is 0.107. The van der Waals surface area contributed by atoms with Crippen LogP contribution in [0.1, 0.15) is 288 Å². The molecule has 1 N–H and O–H groups in total. The Morgan fingerprint density at radius 3 is 0.694 bits per heavy atom. The molecule has 0 aliphatic rings.